The summed E-state index contributed by atoms with van der Waals surface area (Å²) in [6, 6.07) is 5.91. The lowest BCUT2D eigenvalue weighted by Gasteiger charge is -2.33. The van der Waals surface area contributed by atoms with Gasteiger partial charge in [-0.15, -0.1) is 5.10 Å². The minimum Gasteiger partial charge on any atom is -0.408 e. The van der Waals surface area contributed by atoms with Crippen LogP contribution in [-0.2, 0) is 4.79 Å². The monoisotopic (exact) mass is 367 g/mol. The first-order chi connectivity index (χ1) is 13.1. The topological polar surface area (TPSA) is 84.1 Å². The van der Waals surface area contributed by atoms with Crippen LogP contribution in [-0.4, -0.2) is 45.1 Å². The fraction of sp³-hybridized carbons (Fsp3) is 0.600. The van der Waals surface area contributed by atoms with Gasteiger partial charge in [-0.3, -0.25) is 9.78 Å². The minimum absolute atomic E-state index is 0.114. The number of aromatic nitrogens is 3. The lowest BCUT2D eigenvalue weighted by molar-refractivity contribution is -0.133. The zero-order chi connectivity index (χ0) is 18.4. The lowest BCUT2D eigenvalue weighted by atomic mass is 9.93. The van der Waals surface area contributed by atoms with E-state index >= 15 is 0 Å². The van der Waals surface area contributed by atoms with Crippen molar-refractivity contribution in [3.05, 3.63) is 36.0 Å². The predicted octanol–water partition coefficient (Wildman–Crippen LogP) is 2.94. The van der Waals surface area contributed by atoms with Crippen molar-refractivity contribution in [3.8, 4) is 0 Å². The quantitative estimate of drug-likeness (QED) is 0.875. The zero-order valence-electron chi connectivity index (χ0n) is 15.6. The summed E-state index contributed by atoms with van der Waals surface area (Å²) in [7, 11) is 0. The summed E-state index contributed by atoms with van der Waals surface area (Å²) in [5.74, 6) is 1.32. The molecule has 27 heavy (non-hydrogen) atoms. The summed E-state index contributed by atoms with van der Waals surface area (Å²) in [5.41, 5.74) is 1.64. The van der Waals surface area contributed by atoms with Crippen molar-refractivity contribution >= 4 is 11.9 Å². The number of pyridine rings is 1. The van der Waals surface area contributed by atoms with Crippen molar-refractivity contribution in [3.63, 3.8) is 0 Å². The summed E-state index contributed by atoms with van der Waals surface area (Å²) in [6.07, 6.45) is 7.76. The first kappa shape index (κ1) is 16.7. The van der Waals surface area contributed by atoms with Crippen LogP contribution < -0.4 is 5.32 Å². The van der Waals surface area contributed by atoms with E-state index in [9.17, 15) is 4.79 Å². The average Bonchev–Trinajstić information content (AvgIpc) is 3.61. The molecule has 1 amide bonds. The normalized spacial score (nSPS) is 26.6. The number of nitrogens with one attached hydrogen (secondary N) is 1. The van der Waals surface area contributed by atoms with Gasteiger partial charge in [-0.25, -0.2) is 0 Å². The SMILES string of the molecule is C[C@@H](Nc1nnc([C@H]2C[C@H]2c2ccccn2)o1)C(=O)N1CCC2(CC1)CC2. The van der Waals surface area contributed by atoms with Crippen LogP contribution in [0.1, 0.15) is 62.4 Å². The van der Waals surface area contributed by atoms with Crippen LogP contribution in [0.15, 0.2) is 28.8 Å². The lowest BCUT2D eigenvalue weighted by Crippen LogP contribution is -2.45. The number of rotatable bonds is 5. The largest absolute Gasteiger partial charge is 0.408 e. The fourth-order valence-electron chi connectivity index (χ4n) is 4.23. The van der Waals surface area contributed by atoms with E-state index in [1.807, 2.05) is 36.2 Å². The van der Waals surface area contributed by atoms with Crippen LogP contribution in [0.2, 0.25) is 0 Å². The van der Waals surface area contributed by atoms with Gasteiger partial charge in [0.2, 0.25) is 11.8 Å². The number of piperidine rings is 1. The molecule has 7 nitrogen and oxygen atoms in total. The van der Waals surface area contributed by atoms with E-state index in [1.165, 1.54) is 12.8 Å². The average molecular weight is 367 g/mol. The molecule has 1 spiro atoms. The molecule has 1 aliphatic heterocycles. The molecular weight excluding hydrogens is 342 g/mol. The highest BCUT2D eigenvalue weighted by molar-refractivity contribution is 5.83. The fourth-order valence-corrected chi connectivity index (χ4v) is 4.23. The van der Waals surface area contributed by atoms with Crippen molar-refractivity contribution in [1.29, 1.82) is 0 Å². The molecule has 2 aliphatic carbocycles. The third-order valence-electron chi connectivity index (χ3n) is 6.42. The molecule has 5 rings (SSSR count). The Balaban J connectivity index is 1.17. The molecule has 3 heterocycles. The Kier molecular flexibility index (Phi) is 3.91. The maximum absolute atomic E-state index is 12.7. The Morgan fingerprint density at radius 1 is 1.22 bits per heavy atom. The second kappa shape index (κ2) is 6.32. The first-order valence-corrected chi connectivity index (χ1v) is 9.93. The van der Waals surface area contributed by atoms with Crippen LogP contribution >= 0.6 is 0 Å². The third-order valence-corrected chi connectivity index (χ3v) is 6.42. The Labute approximate surface area is 158 Å². The smallest absolute Gasteiger partial charge is 0.316 e. The molecule has 0 radical (unpaired) electrons. The highest BCUT2D eigenvalue weighted by Gasteiger charge is 2.46. The minimum atomic E-state index is -0.364. The van der Waals surface area contributed by atoms with Crippen molar-refractivity contribution in [2.45, 2.75) is 56.9 Å². The summed E-state index contributed by atoms with van der Waals surface area (Å²) >= 11 is 0. The molecule has 1 N–H and O–H groups in total. The van der Waals surface area contributed by atoms with E-state index in [0.717, 1.165) is 38.0 Å². The Morgan fingerprint density at radius 2 is 2.04 bits per heavy atom. The number of amides is 1. The van der Waals surface area contributed by atoms with Gasteiger partial charge in [-0.05, 0) is 56.6 Å². The van der Waals surface area contributed by atoms with Crippen molar-refractivity contribution < 1.29 is 9.21 Å². The van der Waals surface area contributed by atoms with Crippen molar-refractivity contribution in [2.24, 2.45) is 5.41 Å². The predicted molar refractivity (Wildman–Crippen MR) is 99.2 cm³/mol. The summed E-state index contributed by atoms with van der Waals surface area (Å²) in [6.45, 7) is 3.60. The number of nitrogens with zero attached hydrogens (tertiary/aromatic N) is 4. The van der Waals surface area contributed by atoms with E-state index in [1.54, 1.807) is 0 Å². The summed E-state index contributed by atoms with van der Waals surface area (Å²) in [5, 5.41) is 11.3. The molecule has 3 aliphatic rings. The molecule has 0 unspecified atom stereocenters. The van der Waals surface area contributed by atoms with Crippen LogP contribution in [0.4, 0.5) is 6.01 Å². The molecule has 2 aromatic rings. The number of hydrogen-bond acceptors (Lipinski definition) is 6. The van der Waals surface area contributed by atoms with Gasteiger partial charge in [0.05, 0.1) is 0 Å². The van der Waals surface area contributed by atoms with Crippen LogP contribution in [0.25, 0.3) is 0 Å². The van der Waals surface area contributed by atoms with E-state index < -0.39 is 0 Å². The second-order valence-electron chi connectivity index (χ2n) is 8.34. The van der Waals surface area contributed by atoms with Gasteiger partial charge in [0.15, 0.2) is 0 Å². The van der Waals surface area contributed by atoms with Crippen molar-refractivity contribution in [1.82, 2.24) is 20.1 Å². The molecule has 142 valence electrons. The van der Waals surface area contributed by atoms with Crippen LogP contribution in [0.3, 0.4) is 0 Å². The van der Waals surface area contributed by atoms with Gasteiger partial charge < -0.3 is 14.6 Å². The van der Waals surface area contributed by atoms with E-state index in [-0.39, 0.29) is 17.9 Å². The number of likely N-dealkylation sites (tertiary alicyclic amines) is 1. The molecule has 1 saturated heterocycles. The zero-order valence-corrected chi connectivity index (χ0v) is 15.6. The van der Waals surface area contributed by atoms with Crippen LogP contribution in [0, 0.1) is 5.41 Å². The molecule has 3 fully saturated rings. The van der Waals surface area contributed by atoms with Gasteiger partial charge in [0, 0.05) is 36.8 Å². The number of carbonyl (C=O) groups excluding carboxylic acids is 1. The molecule has 0 aromatic carbocycles. The van der Waals surface area contributed by atoms with Crippen molar-refractivity contribution in [2.75, 3.05) is 18.4 Å². The third kappa shape index (κ3) is 3.31. The Morgan fingerprint density at radius 3 is 2.74 bits per heavy atom. The summed E-state index contributed by atoms with van der Waals surface area (Å²) in [4.78, 5) is 19.1. The highest BCUT2D eigenvalue weighted by atomic mass is 16.4. The molecule has 0 bridgehead atoms. The Bertz CT molecular complexity index is 822. The highest BCUT2D eigenvalue weighted by Crippen LogP contribution is 2.54. The van der Waals surface area contributed by atoms with Gasteiger partial charge in [0.25, 0.3) is 0 Å². The standard InChI is InChI=1S/C20H25N5O2/c1-13(18(26)25-10-7-20(5-6-20)8-11-25)22-19-24-23-17(27-19)15-12-14(15)16-4-2-3-9-21-16/h2-4,9,13-15H,5-8,10-12H2,1H3,(H,22,24)/t13-,14-,15+/m1/s1. The van der Waals surface area contributed by atoms with E-state index in [2.05, 4.69) is 20.5 Å². The molecule has 2 saturated carbocycles. The van der Waals surface area contributed by atoms with E-state index in [4.69, 9.17) is 4.42 Å². The molecule has 2 aromatic heterocycles. The summed E-state index contributed by atoms with van der Waals surface area (Å²) < 4.78 is 5.78. The van der Waals surface area contributed by atoms with E-state index in [0.29, 0.717) is 23.2 Å². The maximum Gasteiger partial charge on any atom is 0.316 e. The first-order valence-electron chi connectivity index (χ1n) is 9.93. The maximum atomic E-state index is 12.7. The van der Waals surface area contributed by atoms with Gasteiger partial charge in [0.1, 0.15) is 6.04 Å². The number of anilines is 1. The van der Waals surface area contributed by atoms with Gasteiger partial charge in [-0.1, -0.05) is 11.2 Å². The van der Waals surface area contributed by atoms with Gasteiger partial charge >= 0.3 is 6.01 Å². The van der Waals surface area contributed by atoms with Crippen LogP contribution in [0.5, 0.6) is 0 Å². The molecule has 7 heteroatoms. The Hall–Kier alpha value is -2.44. The molecular formula is C20H25N5O2. The number of carbonyl (C=O) groups is 1. The molecule has 3 atom stereocenters. The second-order valence-corrected chi connectivity index (χ2v) is 8.34. The number of hydrogen-bond donors (Lipinski definition) is 1. The van der Waals surface area contributed by atoms with Gasteiger partial charge in [-0.2, -0.15) is 0 Å².